The van der Waals surface area contributed by atoms with E-state index in [1.54, 1.807) is 37.6 Å². The van der Waals surface area contributed by atoms with Crippen LogP contribution in [0.3, 0.4) is 0 Å². The molecule has 2 aromatic carbocycles. The molecule has 0 spiro atoms. The lowest BCUT2D eigenvalue weighted by Gasteiger charge is -2.26. The highest BCUT2D eigenvalue weighted by molar-refractivity contribution is 5.94. The predicted octanol–water partition coefficient (Wildman–Crippen LogP) is 4.24. The van der Waals surface area contributed by atoms with E-state index in [0.29, 0.717) is 11.4 Å². The summed E-state index contributed by atoms with van der Waals surface area (Å²) in [5.74, 6) is 1.20. The van der Waals surface area contributed by atoms with Crippen molar-refractivity contribution in [2.75, 3.05) is 25.5 Å². The molecule has 0 fully saturated rings. The topological polar surface area (TPSA) is 83.8 Å². The van der Waals surface area contributed by atoms with Crippen molar-refractivity contribution < 1.29 is 18.7 Å². The highest BCUT2D eigenvalue weighted by atomic mass is 16.5. The normalized spacial score (nSPS) is 11.8. The fraction of sp³-hybridized carbons (Fsp3) is 0.308. The number of nitrogens with one attached hydrogen (secondary N) is 2. The molecule has 0 aliphatic rings. The van der Waals surface area contributed by atoms with Crippen LogP contribution in [0.15, 0.2) is 77.4 Å². The molecule has 1 aromatic heterocycles. The minimum Gasteiger partial charge on any atom is -0.497 e. The second kappa shape index (κ2) is 11.9. The highest BCUT2D eigenvalue weighted by Crippen LogP contribution is 2.24. The molecule has 7 heteroatoms. The van der Waals surface area contributed by atoms with E-state index < -0.39 is 0 Å². The third-order valence-corrected chi connectivity index (χ3v) is 5.29. The molecule has 1 heterocycles. The molecule has 0 saturated carbocycles. The van der Waals surface area contributed by atoms with Gasteiger partial charge in [0.2, 0.25) is 11.8 Å². The molecule has 7 nitrogen and oxygen atoms in total. The first-order chi connectivity index (χ1) is 16.0. The molecule has 1 atom stereocenters. The fourth-order valence-electron chi connectivity index (χ4n) is 3.58. The molecule has 3 rings (SSSR count). The Kier molecular flexibility index (Phi) is 8.66. The van der Waals surface area contributed by atoms with Crippen molar-refractivity contribution in [2.45, 2.75) is 26.4 Å². The maximum Gasteiger partial charge on any atom is 0.244 e. The molecule has 2 N–H and O–H groups in total. The molecular weight excluding hydrogens is 418 g/mol. The summed E-state index contributed by atoms with van der Waals surface area (Å²) in [4.78, 5) is 27.2. The average molecular weight is 450 g/mol. The van der Waals surface area contributed by atoms with Gasteiger partial charge < -0.3 is 24.7 Å². The number of ether oxygens (including phenoxy) is 1. The van der Waals surface area contributed by atoms with E-state index >= 15 is 0 Å². The van der Waals surface area contributed by atoms with Gasteiger partial charge in [0.05, 0.1) is 26.5 Å². The van der Waals surface area contributed by atoms with Gasteiger partial charge in [-0.2, -0.15) is 0 Å². The summed E-state index contributed by atoms with van der Waals surface area (Å²) in [5, 5.41) is 6.19. The van der Waals surface area contributed by atoms with Crippen molar-refractivity contribution in [3.05, 3.63) is 84.3 Å². The average Bonchev–Trinajstić information content (AvgIpc) is 3.32. The van der Waals surface area contributed by atoms with Crippen molar-refractivity contribution in [1.29, 1.82) is 0 Å². The molecule has 33 heavy (non-hydrogen) atoms. The fourth-order valence-corrected chi connectivity index (χ4v) is 3.58. The van der Waals surface area contributed by atoms with Crippen LogP contribution in [0.5, 0.6) is 5.75 Å². The number of methoxy groups -OCH3 is 1. The van der Waals surface area contributed by atoms with Crippen LogP contribution in [0.25, 0.3) is 0 Å². The van der Waals surface area contributed by atoms with Crippen LogP contribution < -0.4 is 15.4 Å². The number of furan rings is 1. The summed E-state index contributed by atoms with van der Waals surface area (Å²) in [6.45, 7) is 4.42. The number of para-hydroxylation sites is 1. The number of hydrogen-bond acceptors (Lipinski definition) is 5. The summed E-state index contributed by atoms with van der Waals surface area (Å²) in [6, 6.07) is 20.5. The second-order valence-corrected chi connectivity index (χ2v) is 8.12. The van der Waals surface area contributed by atoms with Crippen molar-refractivity contribution in [3.8, 4) is 5.75 Å². The zero-order chi connectivity index (χ0) is 23.6. The SMILES string of the molecule is COc1ccc([C@H](NCC(=O)N(CC(=O)Nc2ccccc2)Cc2ccco2)C(C)C)cc1. The molecule has 0 aliphatic heterocycles. The first-order valence-electron chi connectivity index (χ1n) is 11.0. The van der Waals surface area contributed by atoms with Gasteiger partial charge in [0, 0.05) is 11.7 Å². The van der Waals surface area contributed by atoms with Crippen molar-refractivity contribution in [1.82, 2.24) is 10.2 Å². The first-order valence-corrected chi connectivity index (χ1v) is 11.0. The van der Waals surface area contributed by atoms with Crippen LogP contribution >= 0.6 is 0 Å². The third kappa shape index (κ3) is 7.22. The lowest BCUT2D eigenvalue weighted by Crippen LogP contribution is -2.43. The smallest absolute Gasteiger partial charge is 0.244 e. The Morgan fingerprint density at radius 1 is 1.00 bits per heavy atom. The number of benzene rings is 2. The van der Waals surface area contributed by atoms with Crippen molar-refractivity contribution in [2.24, 2.45) is 5.92 Å². The van der Waals surface area contributed by atoms with Gasteiger partial charge in [-0.15, -0.1) is 0 Å². The molecule has 0 saturated heterocycles. The Morgan fingerprint density at radius 3 is 2.33 bits per heavy atom. The van der Waals surface area contributed by atoms with Gasteiger partial charge in [0.25, 0.3) is 0 Å². The molecule has 0 bridgehead atoms. The predicted molar refractivity (Wildman–Crippen MR) is 128 cm³/mol. The van der Waals surface area contributed by atoms with Gasteiger partial charge >= 0.3 is 0 Å². The van der Waals surface area contributed by atoms with Crippen LogP contribution in [-0.2, 0) is 16.1 Å². The van der Waals surface area contributed by atoms with E-state index in [2.05, 4.69) is 24.5 Å². The second-order valence-electron chi connectivity index (χ2n) is 8.12. The minimum atomic E-state index is -0.267. The Bertz CT molecular complexity index is 1000. The van der Waals surface area contributed by atoms with Crippen LogP contribution in [0.2, 0.25) is 0 Å². The van der Waals surface area contributed by atoms with Gasteiger partial charge in [-0.05, 0) is 47.9 Å². The lowest BCUT2D eigenvalue weighted by molar-refractivity contribution is -0.134. The number of rotatable bonds is 11. The maximum absolute atomic E-state index is 13.1. The Hall–Kier alpha value is -3.58. The number of nitrogens with zero attached hydrogens (tertiary/aromatic N) is 1. The largest absolute Gasteiger partial charge is 0.497 e. The van der Waals surface area contributed by atoms with Gasteiger partial charge in [-0.25, -0.2) is 0 Å². The van der Waals surface area contributed by atoms with Gasteiger partial charge in [0.15, 0.2) is 0 Å². The summed E-state index contributed by atoms with van der Waals surface area (Å²) < 4.78 is 10.7. The van der Waals surface area contributed by atoms with E-state index in [1.165, 1.54) is 4.90 Å². The van der Waals surface area contributed by atoms with Crippen molar-refractivity contribution in [3.63, 3.8) is 0 Å². The molecular formula is C26H31N3O4. The minimum absolute atomic E-state index is 0.0246. The van der Waals surface area contributed by atoms with Gasteiger partial charge in [-0.3, -0.25) is 9.59 Å². The molecule has 3 aromatic rings. The number of amides is 2. The van der Waals surface area contributed by atoms with Crippen molar-refractivity contribution >= 4 is 17.5 Å². The molecule has 174 valence electrons. The van der Waals surface area contributed by atoms with Crippen LogP contribution in [0, 0.1) is 5.92 Å². The Balaban J connectivity index is 1.66. The van der Waals surface area contributed by atoms with Gasteiger partial charge in [-0.1, -0.05) is 44.2 Å². The molecule has 0 radical (unpaired) electrons. The molecule has 2 amide bonds. The number of carbonyl (C=O) groups is 2. The summed E-state index contributed by atoms with van der Waals surface area (Å²) >= 11 is 0. The molecule has 0 unspecified atom stereocenters. The van der Waals surface area contributed by atoms with E-state index in [-0.39, 0.29) is 43.4 Å². The standard InChI is InChI=1S/C26H31N3O4/c1-19(2)26(20-11-13-22(32-3)14-12-20)27-16-25(31)29(17-23-10-7-15-33-23)18-24(30)28-21-8-5-4-6-9-21/h4-15,19,26-27H,16-18H2,1-3H3,(H,28,30)/t26-/m1/s1. The van der Waals surface area contributed by atoms with Crippen LogP contribution in [-0.4, -0.2) is 36.9 Å². The zero-order valence-corrected chi connectivity index (χ0v) is 19.3. The first kappa shape index (κ1) is 24.1. The van der Waals surface area contributed by atoms with Gasteiger partial charge in [0.1, 0.15) is 18.1 Å². The maximum atomic E-state index is 13.1. The van der Waals surface area contributed by atoms with E-state index in [9.17, 15) is 9.59 Å². The lowest BCUT2D eigenvalue weighted by atomic mass is 9.96. The third-order valence-electron chi connectivity index (χ3n) is 5.29. The number of carbonyl (C=O) groups excluding carboxylic acids is 2. The highest BCUT2D eigenvalue weighted by Gasteiger charge is 2.22. The summed E-state index contributed by atoms with van der Waals surface area (Å²) in [5.41, 5.74) is 1.75. The Labute approximate surface area is 194 Å². The Morgan fingerprint density at radius 2 is 1.73 bits per heavy atom. The summed E-state index contributed by atoms with van der Waals surface area (Å²) in [6.07, 6.45) is 1.55. The summed E-state index contributed by atoms with van der Waals surface area (Å²) in [7, 11) is 1.63. The van der Waals surface area contributed by atoms with E-state index in [0.717, 1.165) is 11.3 Å². The van der Waals surface area contributed by atoms with Crippen LogP contribution in [0.4, 0.5) is 5.69 Å². The number of anilines is 1. The quantitative estimate of drug-likeness (QED) is 0.457. The van der Waals surface area contributed by atoms with E-state index in [1.807, 2.05) is 42.5 Å². The molecule has 0 aliphatic carbocycles. The number of hydrogen-bond donors (Lipinski definition) is 2. The zero-order valence-electron chi connectivity index (χ0n) is 19.3. The monoisotopic (exact) mass is 449 g/mol. The van der Waals surface area contributed by atoms with Crippen LogP contribution in [0.1, 0.15) is 31.2 Å². The van der Waals surface area contributed by atoms with E-state index in [4.69, 9.17) is 9.15 Å².